The average Bonchev–Trinajstić information content (AvgIpc) is 2.94. The molecule has 0 aliphatic heterocycles. The topological polar surface area (TPSA) is 113 Å². The molecule has 0 unspecified atom stereocenters. The van der Waals surface area contributed by atoms with E-state index in [2.05, 4.69) is 10.3 Å². The van der Waals surface area contributed by atoms with Crippen molar-refractivity contribution in [2.75, 3.05) is 0 Å². The molecular formula is C31H31N3O5. The molecular weight excluding hydrogens is 494 g/mol. The molecule has 0 atom stereocenters. The van der Waals surface area contributed by atoms with Crippen molar-refractivity contribution in [2.24, 2.45) is 4.99 Å². The number of carbonyl (C=O) groups excluding carboxylic acids is 1. The minimum atomic E-state index is -1.01. The highest BCUT2D eigenvalue weighted by Gasteiger charge is 2.18. The highest BCUT2D eigenvalue weighted by Crippen LogP contribution is 2.32. The van der Waals surface area contributed by atoms with Gasteiger partial charge in [-0.25, -0.2) is 4.79 Å². The van der Waals surface area contributed by atoms with Gasteiger partial charge in [-0.1, -0.05) is 60.7 Å². The lowest BCUT2D eigenvalue weighted by Crippen LogP contribution is -2.30. The molecule has 8 nitrogen and oxygen atoms in total. The maximum absolute atomic E-state index is 13.0. The van der Waals surface area contributed by atoms with Crippen LogP contribution < -0.4 is 15.5 Å². The van der Waals surface area contributed by atoms with Crippen LogP contribution in [-0.2, 0) is 24.4 Å². The summed E-state index contributed by atoms with van der Waals surface area (Å²) in [5.74, 6) is -0.703. The molecule has 0 aliphatic rings. The number of carboxylic acids is 1. The Bertz CT molecular complexity index is 1510. The number of pyridine rings is 1. The molecule has 1 amide bonds. The van der Waals surface area contributed by atoms with Gasteiger partial charge in [0.15, 0.2) is 5.49 Å². The Morgan fingerprint density at radius 1 is 0.872 bits per heavy atom. The summed E-state index contributed by atoms with van der Waals surface area (Å²) in [6, 6.07) is 27.1. The molecule has 4 rings (SSSR count). The first kappa shape index (κ1) is 27.2. The molecule has 0 saturated carbocycles. The summed E-state index contributed by atoms with van der Waals surface area (Å²) in [5.41, 5.74) is 4.04. The first-order valence-corrected chi connectivity index (χ1v) is 12.6. The molecule has 1 aromatic heterocycles. The number of carboxylic acid groups (broad SMARTS) is 1. The smallest absolute Gasteiger partial charge is 0.335 e. The van der Waals surface area contributed by atoms with Crippen LogP contribution in [0.2, 0.25) is 0 Å². The number of hydrogen-bond donors (Lipinski definition) is 3. The zero-order chi connectivity index (χ0) is 27.8. The van der Waals surface area contributed by atoms with E-state index in [1.807, 2.05) is 74.5 Å². The minimum absolute atomic E-state index is 0.0637. The second-order valence-corrected chi connectivity index (χ2v) is 9.31. The molecule has 0 spiro atoms. The van der Waals surface area contributed by atoms with Crippen LogP contribution in [0.4, 0.5) is 0 Å². The summed E-state index contributed by atoms with van der Waals surface area (Å²) in [4.78, 5) is 28.6. The van der Waals surface area contributed by atoms with E-state index < -0.39 is 5.97 Å². The Balaban J connectivity index is 1.62. The van der Waals surface area contributed by atoms with Gasteiger partial charge in [0.1, 0.15) is 12.4 Å². The number of hydrogen-bond acceptors (Lipinski definition) is 5. The summed E-state index contributed by atoms with van der Waals surface area (Å²) in [5, 5.41) is 23.1. The van der Waals surface area contributed by atoms with E-state index in [-0.39, 0.29) is 30.5 Å². The number of ether oxygens (including phenoxy) is 1. The molecule has 0 bridgehead atoms. The Morgan fingerprint density at radius 3 is 2.26 bits per heavy atom. The number of nitrogens with one attached hydrogen (secondary N) is 1. The Morgan fingerprint density at radius 2 is 1.56 bits per heavy atom. The van der Waals surface area contributed by atoms with Gasteiger partial charge in [-0.2, -0.15) is 4.73 Å². The Labute approximate surface area is 226 Å². The molecule has 0 fully saturated rings. The number of nitrogens with zero attached hydrogens (tertiary/aromatic N) is 2. The number of rotatable bonds is 10. The zero-order valence-electron chi connectivity index (χ0n) is 21.9. The van der Waals surface area contributed by atoms with Crippen LogP contribution in [0.1, 0.15) is 41.0 Å². The molecule has 1 heterocycles. The van der Waals surface area contributed by atoms with Crippen molar-refractivity contribution in [3.05, 3.63) is 119 Å². The second-order valence-electron chi connectivity index (χ2n) is 9.31. The molecule has 39 heavy (non-hydrogen) atoms. The van der Waals surface area contributed by atoms with Gasteiger partial charge in [-0.05, 0) is 55.3 Å². The van der Waals surface area contributed by atoms with Crippen LogP contribution in [0.15, 0.2) is 96.0 Å². The SMILES string of the molecule is CC(C)N=c1ccc(-c2ccccc2OCc2ccccc2)c(CC(=O)NCc2ccc(C(=O)O)cc2)n1O. The highest BCUT2D eigenvalue weighted by atomic mass is 16.5. The van der Waals surface area contributed by atoms with Gasteiger partial charge in [-0.3, -0.25) is 9.79 Å². The van der Waals surface area contributed by atoms with Crippen LogP contribution in [0.3, 0.4) is 0 Å². The number of amides is 1. The summed E-state index contributed by atoms with van der Waals surface area (Å²) in [6.45, 7) is 4.39. The van der Waals surface area contributed by atoms with E-state index in [1.54, 1.807) is 18.2 Å². The number of para-hydroxylation sites is 1. The van der Waals surface area contributed by atoms with Crippen molar-refractivity contribution in [2.45, 2.75) is 39.5 Å². The number of aromatic carboxylic acids is 1. The average molecular weight is 526 g/mol. The maximum atomic E-state index is 13.0. The summed E-state index contributed by atoms with van der Waals surface area (Å²) in [7, 11) is 0. The van der Waals surface area contributed by atoms with Crippen molar-refractivity contribution in [3.63, 3.8) is 0 Å². The third kappa shape index (κ3) is 7.13. The summed E-state index contributed by atoms with van der Waals surface area (Å²) >= 11 is 0. The number of benzene rings is 3. The standard InChI is InChI=1S/C31H31N3O5/c1-21(2)33-29-17-16-25(26-10-6-7-11-28(26)39-20-23-8-4-3-5-9-23)27(34(29)38)18-30(35)32-19-22-12-14-24(15-13-22)31(36)37/h3-17,21,38H,18-20H2,1-2H3,(H,32,35)(H,36,37). The fourth-order valence-corrected chi connectivity index (χ4v) is 4.09. The molecule has 8 heteroatoms. The largest absolute Gasteiger partial charge is 0.488 e. The van der Waals surface area contributed by atoms with Gasteiger partial charge in [0.05, 0.1) is 17.7 Å². The van der Waals surface area contributed by atoms with Gasteiger partial charge in [0, 0.05) is 23.7 Å². The zero-order valence-corrected chi connectivity index (χ0v) is 21.9. The van der Waals surface area contributed by atoms with Crippen LogP contribution in [0.5, 0.6) is 5.75 Å². The first-order chi connectivity index (χ1) is 18.8. The van der Waals surface area contributed by atoms with Crippen molar-refractivity contribution in [1.82, 2.24) is 10.0 Å². The highest BCUT2D eigenvalue weighted by molar-refractivity contribution is 5.87. The predicted molar refractivity (Wildman–Crippen MR) is 147 cm³/mol. The van der Waals surface area contributed by atoms with Crippen molar-refractivity contribution < 1.29 is 24.6 Å². The first-order valence-electron chi connectivity index (χ1n) is 12.6. The molecule has 0 aliphatic carbocycles. The molecule has 4 aromatic rings. The normalized spacial score (nSPS) is 11.4. The monoisotopic (exact) mass is 525 g/mol. The van der Waals surface area contributed by atoms with E-state index in [0.717, 1.165) is 21.4 Å². The van der Waals surface area contributed by atoms with Crippen molar-refractivity contribution in [1.29, 1.82) is 0 Å². The van der Waals surface area contributed by atoms with E-state index in [4.69, 9.17) is 9.84 Å². The van der Waals surface area contributed by atoms with E-state index in [1.165, 1.54) is 12.1 Å². The Kier molecular flexibility index (Phi) is 8.78. The fourth-order valence-electron chi connectivity index (χ4n) is 4.09. The van der Waals surface area contributed by atoms with Crippen molar-refractivity contribution >= 4 is 11.9 Å². The lowest BCUT2D eigenvalue weighted by molar-refractivity contribution is -0.120. The van der Waals surface area contributed by atoms with E-state index in [0.29, 0.717) is 29.1 Å². The Hall–Kier alpha value is -4.85. The lowest BCUT2D eigenvalue weighted by atomic mass is 10.0. The summed E-state index contributed by atoms with van der Waals surface area (Å²) < 4.78 is 7.11. The van der Waals surface area contributed by atoms with Gasteiger partial charge in [0.25, 0.3) is 0 Å². The summed E-state index contributed by atoms with van der Waals surface area (Å²) in [6.07, 6.45) is -0.118. The second kappa shape index (κ2) is 12.6. The minimum Gasteiger partial charge on any atom is -0.488 e. The molecule has 0 radical (unpaired) electrons. The lowest BCUT2D eigenvalue weighted by Gasteiger charge is -2.17. The number of carbonyl (C=O) groups is 2. The van der Waals surface area contributed by atoms with Gasteiger partial charge < -0.3 is 20.4 Å². The third-order valence-corrected chi connectivity index (χ3v) is 6.01. The third-order valence-electron chi connectivity index (χ3n) is 6.01. The van der Waals surface area contributed by atoms with Gasteiger partial charge in [0.2, 0.25) is 5.91 Å². The van der Waals surface area contributed by atoms with E-state index >= 15 is 0 Å². The van der Waals surface area contributed by atoms with Crippen LogP contribution >= 0.6 is 0 Å². The molecule has 0 saturated heterocycles. The quantitative estimate of drug-likeness (QED) is 0.257. The van der Waals surface area contributed by atoms with Crippen molar-refractivity contribution in [3.8, 4) is 16.9 Å². The number of aromatic nitrogens is 1. The van der Waals surface area contributed by atoms with E-state index in [9.17, 15) is 14.8 Å². The predicted octanol–water partition coefficient (Wildman–Crippen LogP) is 4.84. The molecule has 3 N–H and O–H groups in total. The van der Waals surface area contributed by atoms with Crippen LogP contribution in [-0.4, -0.2) is 33.0 Å². The fraction of sp³-hybridized carbons (Fsp3) is 0.194. The molecule has 3 aromatic carbocycles. The van der Waals surface area contributed by atoms with Gasteiger partial charge in [-0.15, -0.1) is 0 Å². The molecule has 200 valence electrons. The van der Waals surface area contributed by atoms with Crippen LogP contribution in [0.25, 0.3) is 11.1 Å². The maximum Gasteiger partial charge on any atom is 0.335 e. The van der Waals surface area contributed by atoms with Crippen LogP contribution in [0, 0.1) is 0 Å². The van der Waals surface area contributed by atoms with Gasteiger partial charge >= 0.3 is 5.97 Å².